The van der Waals surface area contributed by atoms with E-state index >= 15 is 0 Å². The van der Waals surface area contributed by atoms with Crippen molar-refractivity contribution < 1.29 is 5.11 Å². The van der Waals surface area contributed by atoms with Crippen LogP contribution in [-0.4, -0.2) is 5.11 Å². The van der Waals surface area contributed by atoms with Crippen molar-refractivity contribution in [3.05, 3.63) is 32.4 Å². The molecule has 0 aromatic heterocycles. The minimum Gasteiger partial charge on any atom is -0.388 e. The van der Waals surface area contributed by atoms with Crippen LogP contribution in [0.25, 0.3) is 0 Å². The summed E-state index contributed by atoms with van der Waals surface area (Å²) in [4.78, 5) is 0. The molecule has 1 aliphatic rings. The molecule has 1 N–H and O–H groups in total. The summed E-state index contributed by atoms with van der Waals surface area (Å²) in [6.45, 7) is 0. The Morgan fingerprint density at radius 3 is 2.62 bits per heavy atom. The van der Waals surface area contributed by atoms with Crippen molar-refractivity contribution >= 4 is 34.2 Å². The molecule has 0 spiro atoms. The Hall–Kier alpha value is 0.200. The topological polar surface area (TPSA) is 20.2 Å². The predicted molar refractivity (Wildman–Crippen MR) is 75.7 cm³/mol. The molecular formula is C13H16ClIO. The molecule has 0 bridgehead atoms. The number of rotatable bonds is 2. The van der Waals surface area contributed by atoms with Crippen LogP contribution in [0.5, 0.6) is 0 Å². The number of benzene rings is 1. The van der Waals surface area contributed by atoms with E-state index in [9.17, 15) is 5.11 Å². The summed E-state index contributed by atoms with van der Waals surface area (Å²) in [6, 6.07) is 5.76. The molecule has 1 nitrogen and oxygen atoms in total. The van der Waals surface area contributed by atoms with E-state index < -0.39 is 0 Å². The number of aliphatic hydroxyl groups excluding tert-OH is 1. The summed E-state index contributed by atoms with van der Waals surface area (Å²) < 4.78 is 1.11. The Balaban J connectivity index is 2.18. The maximum Gasteiger partial charge on any atom is 0.0828 e. The van der Waals surface area contributed by atoms with Gasteiger partial charge in [0.15, 0.2) is 0 Å². The van der Waals surface area contributed by atoms with E-state index in [1.807, 2.05) is 18.2 Å². The molecule has 88 valence electrons. The molecule has 2 rings (SSSR count). The van der Waals surface area contributed by atoms with Crippen molar-refractivity contribution in [2.75, 3.05) is 0 Å². The lowest BCUT2D eigenvalue weighted by Gasteiger charge is -2.27. The highest BCUT2D eigenvalue weighted by atomic mass is 127. The quantitative estimate of drug-likeness (QED) is 0.775. The first-order chi connectivity index (χ1) is 7.68. The fourth-order valence-corrected chi connectivity index (χ4v) is 3.28. The predicted octanol–water partition coefficient (Wildman–Crippen LogP) is 4.56. The summed E-state index contributed by atoms with van der Waals surface area (Å²) in [6.07, 6.45) is 5.76. The lowest BCUT2D eigenvalue weighted by molar-refractivity contribution is 0.0842. The van der Waals surface area contributed by atoms with Gasteiger partial charge in [0.2, 0.25) is 0 Å². The van der Waals surface area contributed by atoms with Gasteiger partial charge in [-0.3, -0.25) is 0 Å². The first-order valence-corrected chi connectivity index (χ1v) is 7.27. The molecule has 1 aromatic rings. The Morgan fingerprint density at radius 1 is 1.25 bits per heavy atom. The molecule has 0 saturated heterocycles. The van der Waals surface area contributed by atoms with Crippen molar-refractivity contribution in [3.63, 3.8) is 0 Å². The van der Waals surface area contributed by atoms with Gasteiger partial charge in [-0.05, 0) is 65.1 Å². The third-order valence-electron chi connectivity index (χ3n) is 3.37. The third-order valence-corrected chi connectivity index (χ3v) is 4.59. The molecule has 1 saturated carbocycles. The van der Waals surface area contributed by atoms with Crippen LogP contribution in [0.2, 0.25) is 5.02 Å². The highest BCUT2D eigenvalue weighted by Gasteiger charge is 2.24. The van der Waals surface area contributed by atoms with Crippen LogP contribution in [-0.2, 0) is 0 Å². The zero-order chi connectivity index (χ0) is 11.5. The monoisotopic (exact) mass is 350 g/mol. The molecular weight excluding hydrogens is 334 g/mol. The minimum absolute atomic E-state index is 0.342. The van der Waals surface area contributed by atoms with Crippen LogP contribution in [0.15, 0.2) is 18.2 Å². The zero-order valence-corrected chi connectivity index (χ0v) is 12.0. The van der Waals surface area contributed by atoms with E-state index in [4.69, 9.17) is 11.6 Å². The van der Waals surface area contributed by atoms with Gasteiger partial charge in [0.1, 0.15) is 0 Å². The maximum absolute atomic E-state index is 10.4. The Labute approximate surface area is 115 Å². The summed E-state index contributed by atoms with van der Waals surface area (Å²) in [7, 11) is 0. The van der Waals surface area contributed by atoms with Crippen molar-refractivity contribution in [3.8, 4) is 0 Å². The molecule has 0 aliphatic heterocycles. The number of halogens is 2. The zero-order valence-electron chi connectivity index (χ0n) is 9.13. The minimum atomic E-state index is -0.342. The smallest absolute Gasteiger partial charge is 0.0828 e. The fourth-order valence-electron chi connectivity index (χ4n) is 2.45. The van der Waals surface area contributed by atoms with Gasteiger partial charge in [0.25, 0.3) is 0 Å². The van der Waals surface area contributed by atoms with Gasteiger partial charge in [0, 0.05) is 8.59 Å². The van der Waals surface area contributed by atoms with Crippen LogP contribution in [0, 0.1) is 9.49 Å². The Kier molecular flexibility index (Phi) is 4.50. The lowest BCUT2D eigenvalue weighted by Crippen LogP contribution is -2.16. The fraction of sp³-hybridized carbons (Fsp3) is 0.538. The SMILES string of the molecule is OC(c1cc(Cl)ccc1I)C1CCCCC1. The molecule has 16 heavy (non-hydrogen) atoms. The standard InChI is InChI=1S/C13H16ClIO/c14-10-6-7-12(15)11(8-10)13(16)9-4-2-1-3-5-9/h6-9,13,16H,1-5H2. The molecule has 1 unspecified atom stereocenters. The van der Waals surface area contributed by atoms with Crippen LogP contribution < -0.4 is 0 Å². The first kappa shape index (κ1) is 12.7. The van der Waals surface area contributed by atoms with E-state index in [1.54, 1.807) is 0 Å². The van der Waals surface area contributed by atoms with Gasteiger partial charge >= 0.3 is 0 Å². The second kappa shape index (κ2) is 5.69. The van der Waals surface area contributed by atoms with Gasteiger partial charge in [-0.25, -0.2) is 0 Å². The van der Waals surface area contributed by atoms with Gasteiger partial charge in [0.05, 0.1) is 6.10 Å². The van der Waals surface area contributed by atoms with E-state index in [0.717, 1.165) is 22.0 Å². The van der Waals surface area contributed by atoms with E-state index in [0.29, 0.717) is 10.9 Å². The van der Waals surface area contributed by atoms with Crippen molar-refractivity contribution in [2.24, 2.45) is 5.92 Å². The van der Waals surface area contributed by atoms with Crippen LogP contribution in [0.1, 0.15) is 43.8 Å². The van der Waals surface area contributed by atoms with Crippen LogP contribution in [0.4, 0.5) is 0 Å². The maximum atomic E-state index is 10.4. The molecule has 0 heterocycles. The molecule has 0 amide bonds. The van der Waals surface area contributed by atoms with Gasteiger partial charge in [-0.15, -0.1) is 0 Å². The molecule has 1 aliphatic carbocycles. The number of hydrogen-bond donors (Lipinski definition) is 1. The average molecular weight is 351 g/mol. The number of hydrogen-bond acceptors (Lipinski definition) is 1. The molecule has 1 fully saturated rings. The first-order valence-electron chi connectivity index (χ1n) is 5.81. The molecule has 1 aromatic carbocycles. The van der Waals surface area contributed by atoms with Crippen LogP contribution in [0.3, 0.4) is 0 Å². The normalized spacial score (nSPS) is 19.7. The Morgan fingerprint density at radius 2 is 1.94 bits per heavy atom. The second-order valence-electron chi connectivity index (χ2n) is 4.51. The van der Waals surface area contributed by atoms with Crippen molar-refractivity contribution in [1.82, 2.24) is 0 Å². The van der Waals surface area contributed by atoms with E-state index in [1.165, 1.54) is 19.3 Å². The summed E-state index contributed by atoms with van der Waals surface area (Å²) in [5.74, 6) is 0.417. The van der Waals surface area contributed by atoms with Gasteiger partial charge in [-0.2, -0.15) is 0 Å². The van der Waals surface area contributed by atoms with Crippen molar-refractivity contribution in [1.29, 1.82) is 0 Å². The molecule has 3 heteroatoms. The highest BCUT2D eigenvalue weighted by molar-refractivity contribution is 14.1. The highest BCUT2D eigenvalue weighted by Crippen LogP contribution is 2.36. The van der Waals surface area contributed by atoms with E-state index in [-0.39, 0.29) is 6.10 Å². The van der Waals surface area contributed by atoms with Gasteiger partial charge in [-0.1, -0.05) is 30.9 Å². The number of aliphatic hydroxyl groups is 1. The van der Waals surface area contributed by atoms with Crippen LogP contribution >= 0.6 is 34.2 Å². The summed E-state index contributed by atoms with van der Waals surface area (Å²) in [5, 5.41) is 11.1. The van der Waals surface area contributed by atoms with E-state index in [2.05, 4.69) is 22.6 Å². The van der Waals surface area contributed by atoms with Crippen molar-refractivity contribution in [2.45, 2.75) is 38.2 Å². The summed E-state index contributed by atoms with van der Waals surface area (Å²) >= 11 is 8.26. The summed E-state index contributed by atoms with van der Waals surface area (Å²) in [5.41, 5.74) is 1.00. The van der Waals surface area contributed by atoms with Gasteiger partial charge < -0.3 is 5.11 Å². The lowest BCUT2D eigenvalue weighted by atomic mass is 9.83. The second-order valence-corrected chi connectivity index (χ2v) is 6.11. The Bertz CT molecular complexity index is 361. The molecule has 1 atom stereocenters. The third kappa shape index (κ3) is 2.90. The largest absolute Gasteiger partial charge is 0.388 e. The average Bonchev–Trinajstić information content (AvgIpc) is 2.32. The molecule has 0 radical (unpaired) electrons.